The second kappa shape index (κ2) is 26.1. The van der Waals surface area contributed by atoms with Gasteiger partial charge in [-0.3, -0.25) is 0 Å². The van der Waals surface area contributed by atoms with Gasteiger partial charge < -0.3 is 0 Å². The molecule has 0 aromatic carbocycles. The summed E-state index contributed by atoms with van der Waals surface area (Å²) < 4.78 is 0. The third kappa shape index (κ3) is 18.6. The van der Waals surface area contributed by atoms with Crippen molar-refractivity contribution in [3.05, 3.63) is 0 Å². The number of hydrogen-bond donors (Lipinski definition) is 0. The van der Waals surface area contributed by atoms with E-state index in [2.05, 4.69) is 0 Å². The molecule has 0 aliphatic carbocycles. The van der Waals surface area contributed by atoms with Gasteiger partial charge in [0.25, 0.3) is 0 Å². The molecule has 5 heavy (non-hydrogen) atoms. The monoisotopic (exact) mass is 426 g/mol. The Morgan fingerprint density at radius 1 is 0.400 bits per heavy atom. The Morgan fingerprint density at radius 2 is 0.400 bits per heavy atom. The van der Waals surface area contributed by atoms with Crippen LogP contribution < -0.4 is 0 Å². The molecule has 0 bridgehead atoms. The standard InChI is InChI=1S/3ClH.2Tb/h3*1H;;. The van der Waals surface area contributed by atoms with Crippen molar-refractivity contribution in [2.75, 3.05) is 0 Å². The van der Waals surface area contributed by atoms with E-state index >= 15 is 0 Å². The molecule has 0 nitrogen and oxygen atoms in total. The van der Waals surface area contributed by atoms with E-state index < -0.39 is 0 Å². The molecule has 0 unspecified atom stereocenters. The summed E-state index contributed by atoms with van der Waals surface area (Å²) in [5.74, 6) is 0. The Labute approximate surface area is 112 Å². The van der Waals surface area contributed by atoms with Crippen molar-refractivity contribution in [3.63, 3.8) is 0 Å². The summed E-state index contributed by atoms with van der Waals surface area (Å²) in [5, 5.41) is 0. The van der Waals surface area contributed by atoms with Gasteiger partial charge in [0.1, 0.15) is 0 Å². The van der Waals surface area contributed by atoms with Crippen molar-refractivity contribution in [2.24, 2.45) is 0 Å². The van der Waals surface area contributed by atoms with Crippen molar-refractivity contribution in [2.45, 2.75) is 0 Å². The minimum Gasteiger partial charge on any atom is -0.147 e. The predicted molar refractivity (Wildman–Crippen MR) is 21.7 cm³/mol. The van der Waals surface area contributed by atoms with Crippen LogP contribution in [0.1, 0.15) is 0 Å². The molecule has 42 valence electrons. The van der Waals surface area contributed by atoms with Crippen LogP contribution in [0, 0.1) is 77.2 Å². The maximum atomic E-state index is 0. The molecular weight excluding hydrogens is 424 g/mol. The summed E-state index contributed by atoms with van der Waals surface area (Å²) in [7, 11) is 0. The molecule has 0 saturated carbocycles. The van der Waals surface area contributed by atoms with E-state index in [0.29, 0.717) is 0 Å². The maximum Gasteiger partial charge on any atom is 0 e. The summed E-state index contributed by atoms with van der Waals surface area (Å²) >= 11 is 0. The molecule has 0 amide bonds. The van der Waals surface area contributed by atoms with Gasteiger partial charge in [-0.15, -0.1) is 37.2 Å². The summed E-state index contributed by atoms with van der Waals surface area (Å²) in [6.07, 6.45) is 0. The molecule has 0 fully saturated rings. The molecule has 0 aliphatic heterocycles. The fourth-order valence-corrected chi connectivity index (χ4v) is 0. The minimum atomic E-state index is 0. The molecule has 0 atom stereocenters. The van der Waals surface area contributed by atoms with Crippen LogP contribution in [0.25, 0.3) is 0 Å². The number of halogens is 3. The zero-order valence-corrected chi connectivity index (χ0v) is 8.62. The topological polar surface area (TPSA) is 0 Å². The Balaban J connectivity index is 0. The van der Waals surface area contributed by atoms with Gasteiger partial charge in [0.2, 0.25) is 0 Å². The quantitative estimate of drug-likeness (QED) is 0.547. The van der Waals surface area contributed by atoms with Gasteiger partial charge in [0, 0.05) is 77.2 Å². The van der Waals surface area contributed by atoms with Crippen LogP contribution in [0.2, 0.25) is 0 Å². The van der Waals surface area contributed by atoms with E-state index in [1.165, 1.54) is 0 Å². The first kappa shape index (κ1) is 39.5. The second-order valence-electron chi connectivity index (χ2n) is 0. The van der Waals surface area contributed by atoms with Gasteiger partial charge in [-0.25, -0.2) is 0 Å². The molecule has 2 radical (unpaired) electrons. The van der Waals surface area contributed by atoms with Crippen LogP contribution in [0.3, 0.4) is 0 Å². The molecule has 0 aromatic rings. The van der Waals surface area contributed by atoms with E-state index in [9.17, 15) is 0 Å². The van der Waals surface area contributed by atoms with E-state index in [4.69, 9.17) is 0 Å². The first-order chi connectivity index (χ1) is 0. The number of hydrogen-bond acceptors (Lipinski definition) is 0. The fourth-order valence-electron chi connectivity index (χ4n) is 0. The van der Waals surface area contributed by atoms with Gasteiger partial charge in [-0.05, 0) is 0 Å². The minimum absolute atomic E-state index is 0. The van der Waals surface area contributed by atoms with Gasteiger partial charge in [0.05, 0.1) is 0 Å². The summed E-state index contributed by atoms with van der Waals surface area (Å²) in [5.41, 5.74) is 0. The second-order valence-corrected chi connectivity index (χ2v) is 0. The van der Waals surface area contributed by atoms with Crippen molar-refractivity contribution >= 4 is 37.2 Å². The van der Waals surface area contributed by atoms with Gasteiger partial charge in [-0.1, -0.05) is 0 Å². The fraction of sp³-hybridized carbons (Fsp3) is 0. The molecule has 0 rings (SSSR count). The molecule has 0 N–H and O–H groups in total. The Kier molecular flexibility index (Phi) is 206. The smallest absolute Gasteiger partial charge is 0 e. The van der Waals surface area contributed by atoms with Gasteiger partial charge in [-0.2, -0.15) is 0 Å². The molecule has 5 heteroatoms. The van der Waals surface area contributed by atoms with Crippen LogP contribution >= 0.6 is 37.2 Å². The predicted octanol–water partition coefficient (Wildman–Crippen LogP) is 1.27. The Morgan fingerprint density at radius 3 is 0.400 bits per heavy atom. The van der Waals surface area contributed by atoms with Gasteiger partial charge >= 0.3 is 0 Å². The van der Waals surface area contributed by atoms with E-state index in [-0.39, 0.29) is 114 Å². The molecule has 0 spiro atoms. The van der Waals surface area contributed by atoms with E-state index in [1.807, 2.05) is 0 Å². The maximum absolute atomic E-state index is 0. The van der Waals surface area contributed by atoms with Crippen LogP contribution in [0.4, 0.5) is 0 Å². The molecular formula is H3Cl3Tb2. The first-order valence-electron chi connectivity index (χ1n) is 0. The van der Waals surface area contributed by atoms with Crippen molar-refractivity contribution < 1.29 is 77.2 Å². The first-order valence-corrected chi connectivity index (χ1v) is 0. The zero-order chi connectivity index (χ0) is 0. The van der Waals surface area contributed by atoms with E-state index in [1.54, 1.807) is 0 Å². The summed E-state index contributed by atoms with van der Waals surface area (Å²) in [6.45, 7) is 0. The largest absolute Gasteiger partial charge is 0.147 e. The third-order valence-corrected chi connectivity index (χ3v) is 0. The van der Waals surface area contributed by atoms with Crippen LogP contribution in [0.5, 0.6) is 0 Å². The van der Waals surface area contributed by atoms with Crippen molar-refractivity contribution in [1.82, 2.24) is 0 Å². The Hall–Kier alpha value is 3.44. The van der Waals surface area contributed by atoms with Crippen molar-refractivity contribution in [1.29, 1.82) is 0 Å². The SMILES string of the molecule is Cl.Cl.Cl.[Tb].[Tb]. The molecule has 0 heterocycles. The molecule has 0 saturated heterocycles. The average molecular weight is 427 g/mol. The normalized spacial score (nSPS) is 0. The van der Waals surface area contributed by atoms with Crippen LogP contribution in [0.15, 0.2) is 0 Å². The summed E-state index contributed by atoms with van der Waals surface area (Å²) in [6, 6.07) is 0. The molecule has 0 aromatic heterocycles. The van der Waals surface area contributed by atoms with Crippen LogP contribution in [-0.2, 0) is 0 Å². The molecule has 0 aliphatic rings. The van der Waals surface area contributed by atoms with Gasteiger partial charge in [0.15, 0.2) is 0 Å². The average Bonchev–Trinajstić information content (AvgIpc) is 0. The third-order valence-electron chi connectivity index (χ3n) is 0. The number of rotatable bonds is 0. The Bertz CT molecular complexity index is 4.85. The van der Waals surface area contributed by atoms with Crippen molar-refractivity contribution in [3.8, 4) is 0 Å². The zero-order valence-electron chi connectivity index (χ0n) is 1.89. The van der Waals surface area contributed by atoms with Crippen LogP contribution in [-0.4, -0.2) is 0 Å². The summed E-state index contributed by atoms with van der Waals surface area (Å²) in [4.78, 5) is 0. The van der Waals surface area contributed by atoms with E-state index in [0.717, 1.165) is 0 Å².